The van der Waals surface area contributed by atoms with Crippen molar-refractivity contribution in [2.45, 2.75) is 81.6 Å². The van der Waals surface area contributed by atoms with Gasteiger partial charge in [-0.1, -0.05) is 69.5 Å². The lowest BCUT2D eigenvalue weighted by molar-refractivity contribution is -0.141. The normalized spacial score (nSPS) is 12.0. The maximum absolute atomic E-state index is 13.6. The van der Waals surface area contributed by atoms with Crippen molar-refractivity contribution in [3.05, 3.63) is 140 Å². The summed E-state index contributed by atoms with van der Waals surface area (Å²) in [5.74, 6) is 0. The number of aryl methyl sites for hydroxylation is 7. The smallest absolute Gasteiger partial charge is 0.261 e. The zero-order chi connectivity index (χ0) is 40.3. The van der Waals surface area contributed by atoms with Crippen LogP contribution in [0, 0.1) is 69.2 Å². The van der Waals surface area contributed by atoms with Crippen molar-refractivity contribution >= 4 is 23.1 Å². The first-order valence-electron chi connectivity index (χ1n) is 18.0. The number of aromatic nitrogens is 3. The van der Waals surface area contributed by atoms with Crippen LogP contribution >= 0.6 is 0 Å². The molecule has 0 N–H and O–H groups in total. The van der Waals surface area contributed by atoms with Gasteiger partial charge >= 0.3 is 12.4 Å². The number of rotatable bonds is 6. The Morgan fingerprint density at radius 1 is 0.400 bits per heavy atom. The van der Waals surface area contributed by atoms with Crippen molar-refractivity contribution in [2.24, 2.45) is 0 Å². The topological polar surface area (TPSA) is 38.7 Å². The van der Waals surface area contributed by atoms with Gasteiger partial charge in [-0.05, 0) is 138 Å². The van der Waals surface area contributed by atoms with Gasteiger partial charge in [-0.15, -0.1) is 0 Å². The fraction of sp³-hybridized carbons (Fsp3) is 0.267. The lowest BCUT2D eigenvalue weighted by atomic mass is 9.32. The third-order valence-electron chi connectivity index (χ3n) is 10.8. The van der Waals surface area contributed by atoms with Crippen LogP contribution in [0.5, 0.6) is 0 Å². The molecule has 6 rings (SSSR count). The van der Waals surface area contributed by atoms with Crippen LogP contribution in [0.15, 0.2) is 73.2 Å². The molecule has 3 heterocycles. The molecule has 3 aromatic carbocycles. The molecule has 0 unspecified atom stereocenters. The molecular weight excluding hydrogens is 707 g/mol. The molecule has 0 atom stereocenters. The molecule has 0 bridgehead atoms. The lowest BCUT2D eigenvalue weighted by Crippen LogP contribution is -2.58. The molecule has 0 saturated carbocycles. The summed E-state index contributed by atoms with van der Waals surface area (Å²) in [6.45, 7) is 19.9. The van der Waals surface area contributed by atoms with E-state index in [2.05, 4.69) is 73.8 Å². The van der Waals surface area contributed by atoms with Crippen molar-refractivity contribution in [2.75, 3.05) is 0 Å². The second-order valence-electron chi connectivity index (χ2n) is 14.8. The minimum atomic E-state index is -4.57. The summed E-state index contributed by atoms with van der Waals surface area (Å²) in [7, 11) is 0. The fourth-order valence-electron chi connectivity index (χ4n) is 8.74. The Morgan fingerprint density at radius 3 is 0.964 bits per heavy atom. The third-order valence-corrected chi connectivity index (χ3v) is 10.8. The van der Waals surface area contributed by atoms with E-state index in [0.29, 0.717) is 11.1 Å². The summed E-state index contributed by atoms with van der Waals surface area (Å²) in [6, 6.07) is 15.4. The van der Waals surface area contributed by atoms with Crippen LogP contribution in [-0.4, -0.2) is 21.7 Å². The number of benzene rings is 3. The average Bonchev–Trinajstić information content (AvgIpc) is 3.08. The Morgan fingerprint density at radius 2 is 0.709 bits per heavy atom. The van der Waals surface area contributed by atoms with Crippen molar-refractivity contribution in [3.8, 4) is 33.4 Å². The van der Waals surface area contributed by atoms with Crippen LogP contribution in [0.1, 0.15) is 67.2 Å². The first-order valence-corrected chi connectivity index (χ1v) is 18.0. The summed E-state index contributed by atoms with van der Waals surface area (Å²) >= 11 is 0. The summed E-state index contributed by atoms with van der Waals surface area (Å²) < 4.78 is 81.4. The van der Waals surface area contributed by atoms with Crippen LogP contribution in [0.3, 0.4) is 0 Å². The number of hydrogen-bond acceptors (Lipinski definition) is 3. The fourth-order valence-corrected chi connectivity index (χ4v) is 8.74. The van der Waals surface area contributed by atoms with Gasteiger partial charge in [0.2, 0.25) is 6.71 Å². The number of nitrogens with zero attached hydrogens (tertiary/aromatic N) is 3. The molecular formula is C45H42BF6N3. The van der Waals surface area contributed by atoms with E-state index in [-0.39, 0.29) is 6.71 Å². The first kappa shape index (κ1) is 39.4. The van der Waals surface area contributed by atoms with Crippen molar-refractivity contribution < 1.29 is 26.3 Å². The minimum absolute atomic E-state index is 0.388. The van der Waals surface area contributed by atoms with Crippen LogP contribution in [0.25, 0.3) is 33.4 Å². The molecule has 3 aromatic heterocycles. The lowest BCUT2D eigenvalue weighted by Gasteiger charge is -2.31. The molecule has 0 fully saturated rings. The molecule has 282 valence electrons. The van der Waals surface area contributed by atoms with E-state index in [1.54, 1.807) is 0 Å². The number of hydrogen-bond donors (Lipinski definition) is 0. The van der Waals surface area contributed by atoms with E-state index in [9.17, 15) is 26.3 Å². The van der Waals surface area contributed by atoms with Crippen molar-refractivity contribution in [1.82, 2.24) is 15.0 Å². The minimum Gasteiger partial charge on any atom is -0.261 e. The van der Waals surface area contributed by atoms with Crippen LogP contribution in [0.2, 0.25) is 0 Å². The highest BCUT2D eigenvalue weighted by molar-refractivity contribution is 6.97. The Labute approximate surface area is 319 Å². The largest absolute Gasteiger partial charge is 0.433 e. The highest BCUT2D eigenvalue weighted by Gasteiger charge is 2.36. The van der Waals surface area contributed by atoms with Gasteiger partial charge in [0.25, 0.3) is 0 Å². The van der Waals surface area contributed by atoms with Crippen molar-refractivity contribution in [3.63, 3.8) is 0 Å². The standard InChI is InChI=1S/C45H42BF6N3/c1-23-17-26(4)41(30(8)38(23)33-12-11-29(7)53-20-33)46(42-27(5)18-24(2)39(31(42)9)34-13-15-36(54-21-34)44(47,48)49)43-28(6)19-25(3)40(32(43)10)35-14-16-37(55-22-35)45(50,51)52/h11-22H,1-10H3. The van der Waals surface area contributed by atoms with E-state index in [1.165, 1.54) is 24.5 Å². The highest BCUT2D eigenvalue weighted by Crippen LogP contribution is 2.35. The molecule has 3 nitrogen and oxygen atoms in total. The van der Waals surface area contributed by atoms with Gasteiger partial charge in [-0.2, -0.15) is 26.3 Å². The quantitative estimate of drug-likeness (QED) is 0.126. The maximum Gasteiger partial charge on any atom is 0.433 e. The molecule has 0 radical (unpaired) electrons. The molecule has 0 aliphatic heterocycles. The third kappa shape index (κ3) is 7.31. The molecule has 0 aliphatic rings. The summed E-state index contributed by atoms with van der Waals surface area (Å²) in [6.07, 6.45) is -4.68. The van der Waals surface area contributed by atoms with Gasteiger partial charge in [0.1, 0.15) is 11.4 Å². The highest BCUT2D eigenvalue weighted by atomic mass is 19.4. The summed E-state index contributed by atoms with van der Waals surface area (Å²) in [5, 5.41) is 0. The average molecular weight is 750 g/mol. The van der Waals surface area contributed by atoms with Gasteiger partial charge in [0, 0.05) is 41.0 Å². The van der Waals surface area contributed by atoms with E-state index < -0.39 is 23.7 Å². The van der Waals surface area contributed by atoms with Crippen LogP contribution in [-0.2, 0) is 12.4 Å². The Hall–Kier alpha value is -5.25. The molecule has 0 amide bonds. The molecule has 6 aromatic rings. The van der Waals surface area contributed by atoms with E-state index >= 15 is 0 Å². The maximum atomic E-state index is 13.6. The molecule has 0 saturated heterocycles. The van der Waals surface area contributed by atoms with Gasteiger partial charge in [0.05, 0.1) is 0 Å². The van der Waals surface area contributed by atoms with E-state index in [1.807, 2.05) is 46.9 Å². The predicted molar refractivity (Wildman–Crippen MR) is 211 cm³/mol. The summed E-state index contributed by atoms with van der Waals surface area (Å²) in [5.41, 5.74) is 15.6. The zero-order valence-electron chi connectivity index (χ0n) is 32.6. The SMILES string of the molecule is Cc1ccc(-c2c(C)cc(C)c(B(c3c(C)cc(C)c(-c4ccc(C(F)(F)F)nc4)c3C)c3c(C)cc(C)c(-c4ccc(C(F)(F)F)nc4)c3C)c2C)cn1. The van der Waals surface area contributed by atoms with Gasteiger partial charge in [-0.3, -0.25) is 15.0 Å². The molecule has 10 heteroatoms. The van der Waals surface area contributed by atoms with Crippen molar-refractivity contribution in [1.29, 1.82) is 0 Å². The Balaban J connectivity index is 1.72. The second kappa shape index (κ2) is 14.4. The van der Waals surface area contributed by atoms with Gasteiger partial charge < -0.3 is 0 Å². The van der Waals surface area contributed by atoms with E-state index in [4.69, 9.17) is 0 Å². The predicted octanol–water partition coefficient (Wildman–Crippen LogP) is 10.5. The molecule has 0 spiro atoms. The van der Waals surface area contributed by atoms with Gasteiger partial charge in [-0.25, -0.2) is 0 Å². The summed E-state index contributed by atoms with van der Waals surface area (Å²) in [4.78, 5) is 12.2. The Kier molecular flexibility index (Phi) is 10.4. The molecule has 55 heavy (non-hydrogen) atoms. The molecule has 0 aliphatic carbocycles. The van der Waals surface area contributed by atoms with Crippen LogP contribution in [0.4, 0.5) is 26.3 Å². The number of pyridine rings is 3. The van der Waals surface area contributed by atoms with Gasteiger partial charge in [0.15, 0.2) is 0 Å². The Bertz CT molecular complexity index is 2310. The first-order chi connectivity index (χ1) is 25.7. The number of alkyl halides is 6. The van der Waals surface area contributed by atoms with E-state index in [0.717, 1.165) is 107 Å². The number of halogens is 6. The monoisotopic (exact) mass is 749 g/mol. The second-order valence-corrected chi connectivity index (χ2v) is 14.8. The van der Waals surface area contributed by atoms with Crippen LogP contribution < -0.4 is 16.4 Å². The zero-order valence-corrected chi connectivity index (χ0v) is 32.6.